The van der Waals surface area contributed by atoms with Crippen molar-refractivity contribution in [2.75, 3.05) is 0 Å². The molecule has 0 aliphatic heterocycles. The molecule has 0 bridgehead atoms. The van der Waals surface area contributed by atoms with E-state index in [1.807, 2.05) is 13.0 Å². The van der Waals surface area contributed by atoms with Crippen LogP contribution in [0, 0.1) is 5.92 Å². The summed E-state index contributed by atoms with van der Waals surface area (Å²) in [6.45, 7) is 1.82. The topological polar surface area (TPSA) is 62.0 Å². The predicted molar refractivity (Wildman–Crippen MR) is 83.1 cm³/mol. The number of para-hydroxylation sites is 1. The standard InChI is InChI=1S/C17H15FN2O2/c1-10-8-11(18)6-7-14(10)20-17(22)13-9-19-15-5-3-2-4-12(15)16(13)21/h2-7,9-10H,8H2,1H3,(H,19,21)(H,20,22). The fourth-order valence-electron chi connectivity index (χ4n) is 2.51. The molecular weight excluding hydrogens is 283 g/mol. The average molecular weight is 298 g/mol. The van der Waals surface area contributed by atoms with Crippen molar-refractivity contribution in [1.29, 1.82) is 0 Å². The number of carbonyl (C=O) groups is 1. The molecule has 22 heavy (non-hydrogen) atoms. The van der Waals surface area contributed by atoms with Gasteiger partial charge in [-0.15, -0.1) is 0 Å². The Morgan fingerprint density at radius 1 is 1.32 bits per heavy atom. The number of aromatic nitrogens is 1. The Bertz CT molecular complexity index is 864. The van der Waals surface area contributed by atoms with Gasteiger partial charge in [-0.25, -0.2) is 4.39 Å². The van der Waals surface area contributed by atoms with Gasteiger partial charge in [-0.2, -0.15) is 0 Å². The van der Waals surface area contributed by atoms with Gasteiger partial charge in [-0.1, -0.05) is 19.1 Å². The first-order valence-corrected chi connectivity index (χ1v) is 7.04. The smallest absolute Gasteiger partial charge is 0.260 e. The van der Waals surface area contributed by atoms with Crippen LogP contribution in [0.1, 0.15) is 23.7 Å². The molecule has 0 saturated carbocycles. The van der Waals surface area contributed by atoms with Gasteiger partial charge in [0.1, 0.15) is 11.4 Å². The molecule has 1 heterocycles. The van der Waals surface area contributed by atoms with E-state index in [0.29, 0.717) is 16.6 Å². The summed E-state index contributed by atoms with van der Waals surface area (Å²) in [7, 11) is 0. The minimum absolute atomic E-state index is 0.0434. The lowest BCUT2D eigenvalue weighted by molar-refractivity contribution is 0.0960. The molecular formula is C17H15FN2O2. The lowest BCUT2D eigenvalue weighted by Gasteiger charge is -2.19. The number of halogens is 1. The minimum Gasteiger partial charge on any atom is -0.360 e. The fraction of sp³-hybridized carbons (Fsp3) is 0.176. The summed E-state index contributed by atoms with van der Waals surface area (Å²) in [6, 6.07) is 7.01. The Labute approximate surface area is 126 Å². The van der Waals surface area contributed by atoms with Gasteiger partial charge in [0, 0.05) is 35.1 Å². The lowest BCUT2D eigenvalue weighted by Crippen LogP contribution is -2.31. The number of amides is 1. The van der Waals surface area contributed by atoms with Crippen molar-refractivity contribution in [2.24, 2.45) is 5.92 Å². The van der Waals surface area contributed by atoms with Crippen molar-refractivity contribution >= 4 is 16.8 Å². The van der Waals surface area contributed by atoms with Crippen LogP contribution in [0.15, 0.2) is 58.9 Å². The minimum atomic E-state index is -0.485. The first-order chi connectivity index (χ1) is 10.6. The van der Waals surface area contributed by atoms with Crippen LogP contribution in [0.5, 0.6) is 0 Å². The molecule has 1 amide bonds. The summed E-state index contributed by atoms with van der Waals surface area (Å²) in [5, 5.41) is 3.17. The van der Waals surface area contributed by atoms with E-state index in [1.165, 1.54) is 18.3 Å². The molecule has 0 spiro atoms. The third-order valence-electron chi connectivity index (χ3n) is 3.77. The highest BCUT2D eigenvalue weighted by Crippen LogP contribution is 2.23. The number of hydrogen-bond acceptors (Lipinski definition) is 2. The number of H-pyrrole nitrogens is 1. The second-order valence-corrected chi connectivity index (χ2v) is 5.37. The summed E-state index contributed by atoms with van der Waals surface area (Å²) < 4.78 is 13.2. The maximum Gasteiger partial charge on any atom is 0.260 e. The third-order valence-corrected chi connectivity index (χ3v) is 3.77. The van der Waals surface area contributed by atoms with Gasteiger partial charge < -0.3 is 10.3 Å². The van der Waals surface area contributed by atoms with E-state index in [4.69, 9.17) is 0 Å². The number of pyridine rings is 1. The number of carbonyl (C=O) groups excluding carboxylic acids is 1. The van der Waals surface area contributed by atoms with Gasteiger partial charge in [-0.05, 0) is 24.3 Å². The number of nitrogens with one attached hydrogen (secondary N) is 2. The Kier molecular flexibility index (Phi) is 3.63. The molecule has 1 aromatic carbocycles. The SMILES string of the molecule is CC1CC(F)=CC=C1NC(=O)c1c[nH]c2ccccc2c1=O. The molecule has 0 fully saturated rings. The van der Waals surface area contributed by atoms with Gasteiger partial charge in [0.15, 0.2) is 0 Å². The average Bonchev–Trinajstić information content (AvgIpc) is 2.50. The van der Waals surface area contributed by atoms with Crippen molar-refractivity contribution in [3.63, 3.8) is 0 Å². The number of aromatic amines is 1. The molecule has 1 unspecified atom stereocenters. The Hall–Kier alpha value is -2.69. The number of fused-ring (bicyclic) bond motifs is 1. The highest BCUT2D eigenvalue weighted by molar-refractivity contribution is 5.98. The van der Waals surface area contributed by atoms with Crippen LogP contribution < -0.4 is 10.7 Å². The van der Waals surface area contributed by atoms with E-state index in [0.717, 1.165) is 0 Å². The summed E-state index contributed by atoms with van der Waals surface area (Å²) >= 11 is 0. The van der Waals surface area contributed by atoms with Crippen molar-refractivity contribution in [3.8, 4) is 0 Å². The molecule has 0 radical (unpaired) electrons. The fourth-order valence-corrected chi connectivity index (χ4v) is 2.51. The Morgan fingerprint density at radius 2 is 2.09 bits per heavy atom. The van der Waals surface area contributed by atoms with E-state index in [-0.39, 0.29) is 29.2 Å². The van der Waals surface area contributed by atoms with E-state index in [2.05, 4.69) is 10.3 Å². The molecule has 1 aliphatic carbocycles. The summed E-state index contributed by atoms with van der Waals surface area (Å²) in [5.41, 5.74) is 1.01. The van der Waals surface area contributed by atoms with Gasteiger partial charge >= 0.3 is 0 Å². The third kappa shape index (κ3) is 2.57. The van der Waals surface area contributed by atoms with Crippen LogP contribution in [-0.4, -0.2) is 10.9 Å². The van der Waals surface area contributed by atoms with Crippen molar-refractivity contribution < 1.29 is 9.18 Å². The van der Waals surface area contributed by atoms with Crippen molar-refractivity contribution in [1.82, 2.24) is 10.3 Å². The second kappa shape index (κ2) is 5.60. The lowest BCUT2D eigenvalue weighted by atomic mass is 9.98. The molecule has 1 aromatic heterocycles. The van der Waals surface area contributed by atoms with Crippen LogP contribution in [-0.2, 0) is 0 Å². The monoisotopic (exact) mass is 298 g/mol. The Balaban J connectivity index is 1.93. The van der Waals surface area contributed by atoms with Gasteiger partial charge in [-0.3, -0.25) is 9.59 Å². The summed E-state index contributed by atoms with van der Waals surface area (Å²) in [5.74, 6) is -0.830. The van der Waals surface area contributed by atoms with Gasteiger partial charge in [0.05, 0.1) is 0 Å². The number of allylic oxidation sites excluding steroid dienone is 4. The molecule has 1 aliphatic rings. The largest absolute Gasteiger partial charge is 0.360 e. The predicted octanol–water partition coefficient (Wildman–Crippen LogP) is 3.04. The number of benzene rings is 1. The highest BCUT2D eigenvalue weighted by atomic mass is 19.1. The van der Waals surface area contributed by atoms with E-state index >= 15 is 0 Å². The van der Waals surface area contributed by atoms with Crippen LogP contribution in [0.4, 0.5) is 4.39 Å². The maximum atomic E-state index is 13.2. The van der Waals surface area contributed by atoms with Crippen LogP contribution >= 0.6 is 0 Å². The van der Waals surface area contributed by atoms with Gasteiger partial charge in [0.2, 0.25) is 5.43 Å². The first-order valence-electron chi connectivity index (χ1n) is 7.04. The molecule has 5 heteroatoms. The quantitative estimate of drug-likeness (QED) is 0.895. The van der Waals surface area contributed by atoms with Crippen molar-refractivity contribution in [2.45, 2.75) is 13.3 Å². The van der Waals surface area contributed by atoms with E-state index < -0.39 is 5.91 Å². The van der Waals surface area contributed by atoms with E-state index in [9.17, 15) is 14.0 Å². The number of rotatable bonds is 2. The summed E-state index contributed by atoms with van der Waals surface area (Å²) in [4.78, 5) is 27.6. The molecule has 4 nitrogen and oxygen atoms in total. The molecule has 0 saturated heterocycles. The zero-order valence-electron chi connectivity index (χ0n) is 12.0. The van der Waals surface area contributed by atoms with Gasteiger partial charge in [0.25, 0.3) is 5.91 Å². The number of hydrogen-bond donors (Lipinski definition) is 2. The summed E-state index contributed by atoms with van der Waals surface area (Å²) in [6.07, 6.45) is 4.53. The molecule has 2 N–H and O–H groups in total. The zero-order valence-corrected chi connectivity index (χ0v) is 12.0. The highest BCUT2D eigenvalue weighted by Gasteiger charge is 2.19. The van der Waals surface area contributed by atoms with Crippen LogP contribution in [0.25, 0.3) is 10.9 Å². The van der Waals surface area contributed by atoms with Crippen LogP contribution in [0.2, 0.25) is 0 Å². The second-order valence-electron chi connectivity index (χ2n) is 5.37. The zero-order chi connectivity index (χ0) is 15.7. The van der Waals surface area contributed by atoms with Crippen molar-refractivity contribution in [3.05, 3.63) is 69.9 Å². The molecule has 1 atom stereocenters. The first kappa shape index (κ1) is 14.3. The Morgan fingerprint density at radius 3 is 2.86 bits per heavy atom. The molecule has 112 valence electrons. The van der Waals surface area contributed by atoms with Crippen LogP contribution in [0.3, 0.4) is 0 Å². The normalized spacial score (nSPS) is 17.8. The molecule has 2 aromatic rings. The van der Waals surface area contributed by atoms with E-state index in [1.54, 1.807) is 18.2 Å². The molecule has 3 rings (SSSR count). The maximum absolute atomic E-state index is 13.2.